The smallest absolute Gasteiger partial charge is 0.255 e. The Hall–Kier alpha value is -5.25. The van der Waals surface area contributed by atoms with Crippen LogP contribution in [0.4, 0.5) is 22.9 Å². The summed E-state index contributed by atoms with van der Waals surface area (Å²) in [5.74, 6) is 0.767. The lowest BCUT2D eigenvalue weighted by atomic mass is 9.91. The Labute approximate surface area is 217 Å². The van der Waals surface area contributed by atoms with E-state index in [1.54, 1.807) is 42.1 Å². The van der Waals surface area contributed by atoms with Crippen LogP contribution in [0.15, 0.2) is 53.0 Å². The minimum absolute atomic E-state index is 0.168. The monoisotopic (exact) mass is 508 g/mol. The van der Waals surface area contributed by atoms with Crippen molar-refractivity contribution in [2.75, 3.05) is 5.32 Å². The maximum absolute atomic E-state index is 11.5. The summed E-state index contributed by atoms with van der Waals surface area (Å²) in [5, 5.41) is 24.1. The van der Waals surface area contributed by atoms with Crippen LogP contribution in [0.1, 0.15) is 39.1 Å². The van der Waals surface area contributed by atoms with Crippen LogP contribution < -0.4 is 5.32 Å². The molecule has 0 saturated carbocycles. The average Bonchev–Trinajstić information content (AvgIpc) is 3.53. The third-order valence-electron chi connectivity index (χ3n) is 5.57. The zero-order valence-corrected chi connectivity index (χ0v) is 21.4. The number of carbonyl (C=O) groups excluding carboxylic acids is 1. The van der Waals surface area contributed by atoms with Crippen molar-refractivity contribution in [2.24, 2.45) is 10.2 Å². The largest absolute Gasteiger partial charge is 0.326 e. The fraction of sp³-hybridized carbons (Fsp3) is 0.240. The lowest BCUT2D eigenvalue weighted by molar-refractivity contribution is -0.114. The van der Waals surface area contributed by atoms with Gasteiger partial charge in [-0.1, -0.05) is 32.9 Å². The number of H-pyrrole nitrogens is 1. The van der Waals surface area contributed by atoms with Crippen molar-refractivity contribution in [3.63, 3.8) is 0 Å². The quantitative estimate of drug-likeness (QED) is 0.245. The van der Waals surface area contributed by atoms with Crippen LogP contribution >= 0.6 is 0 Å². The van der Waals surface area contributed by atoms with Gasteiger partial charge < -0.3 is 5.32 Å². The van der Waals surface area contributed by atoms with Gasteiger partial charge in [-0.25, -0.2) is 19.8 Å². The molecule has 1 amide bonds. The number of fused-ring (bicyclic) bond motifs is 1. The topological polar surface area (TPSA) is 148 Å². The molecular formula is C25H24N12O. The van der Waals surface area contributed by atoms with Gasteiger partial charge in [-0.2, -0.15) is 14.4 Å². The molecule has 2 N–H and O–H groups in total. The number of nitrogens with one attached hydrogen (secondary N) is 2. The number of aromatic amines is 1. The number of aryl methyl sites for hydroxylation is 1. The van der Waals surface area contributed by atoms with E-state index in [1.165, 1.54) is 11.6 Å². The van der Waals surface area contributed by atoms with Crippen molar-refractivity contribution in [1.29, 1.82) is 0 Å². The van der Waals surface area contributed by atoms with Gasteiger partial charge in [-0.05, 0) is 25.1 Å². The molecular weight excluding hydrogens is 484 g/mol. The van der Waals surface area contributed by atoms with Gasteiger partial charge in [-0.3, -0.25) is 9.89 Å². The van der Waals surface area contributed by atoms with Gasteiger partial charge in [0.15, 0.2) is 17.3 Å². The maximum atomic E-state index is 11.5. The highest BCUT2D eigenvalue weighted by atomic mass is 16.1. The molecule has 0 radical (unpaired) electrons. The second-order valence-corrected chi connectivity index (χ2v) is 9.55. The van der Waals surface area contributed by atoms with Crippen molar-refractivity contribution < 1.29 is 4.79 Å². The van der Waals surface area contributed by atoms with E-state index >= 15 is 0 Å². The van der Waals surface area contributed by atoms with Crippen molar-refractivity contribution >= 4 is 34.4 Å². The predicted octanol–water partition coefficient (Wildman–Crippen LogP) is 5.23. The molecule has 13 nitrogen and oxygen atoms in total. The number of nitrogens with zero attached hydrogens (tertiary/aromatic N) is 10. The number of rotatable bonds is 5. The van der Waals surface area contributed by atoms with Gasteiger partial charge in [0.2, 0.25) is 11.6 Å². The Bertz CT molecular complexity index is 1730. The number of hydrogen-bond acceptors (Lipinski definition) is 8. The van der Waals surface area contributed by atoms with Gasteiger partial charge in [0.05, 0.1) is 18.0 Å². The van der Waals surface area contributed by atoms with Crippen LogP contribution in [0, 0.1) is 13.5 Å². The van der Waals surface area contributed by atoms with Crippen LogP contribution in [0.2, 0.25) is 0 Å². The van der Waals surface area contributed by atoms with Crippen molar-refractivity contribution in [3.05, 3.63) is 65.5 Å². The summed E-state index contributed by atoms with van der Waals surface area (Å²) in [6.45, 7) is 16.9. The number of hydrogen-bond donors (Lipinski definition) is 2. The molecule has 5 rings (SSSR count). The molecule has 0 aliphatic carbocycles. The highest BCUT2D eigenvalue weighted by Crippen LogP contribution is 2.38. The molecule has 13 heteroatoms. The van der Waals surface area contributed by atoms with Gasteiger partial charge >= 0.3 is 0 Å². The Morgan fingerprint density at radius 3 is 2.58 bits per heavy atom. The van der Waals surface area contributed by atoms with E-state index < -0.39 is 0 Å². The molecule has 1 aromatic carbocycles. The molecule has 0 unspecified atom stereocenters. The number of amides is 1. The number of aromatic nitrogens is 8. The third-order valence-corrected chi connectivity index (χ3v) is 5.57. The minimum Gasteiger partial charge on any atom is -0.326 e. The first-order chi connectivity index (χ1) is 18.2. The Morgan fingerprint density at radius 2 is 1.89 bits per heavy atom. The number of benzene rings is 1. The van der Waals surface area contributed by atoms with Crippen molar-refractivity contribution in [1.82, 2.24) is 39.6 Å². The lowest BCUT2D eigenvalue weighted by Crippen LogP contribution is -2.12. The van der Waals surface area contributed by atoms with E-state index in [0.717, 1.165) is 11.3 Å². The summed E-state index contributed by atoms with van der Waals surface area (Å²) in [7, 11) is 0. The number of anilines is 1. The first-order valence-corrected chi connectivity index (χ1v) is 11.7. The SMILES string of the molecule is [C-]#[N+]c1c(C)nn(-c2ncccn2)c1N=Nc1c(C(C)(C)C)[nH]n2nc(-c3cccc(NC(C)=O)c3)nc12. The van der Waals surface area contributed by atoms with E-state index in [9.17, 15) is 4.79 Å². The normalized spacial score (nSPS) is 11.8. The lowest BCUT2D eigenvalue weighted by Gasteiger charge is -2.16. The second-order valence-electron chi connectivity index (χ2n) is 9.55. The molecule has 5 aromatic rings. The maximum Gasteiger partial charge on any atom is 0.255 e. The molecule has 0 aliphatic heterocycles. The summed E-state index contributed by atoms with van der Waals surface area (Å²) in [6.07, 6.45) is 3.17. The minimum atomic E-state index is -0.344. The third kappa shape index (κ3) is 4.50. The molecule has 0 atom stereocenters. The molecule has 190 valence electrons. The molecule has 0 aliphatic rings. The van der Waals surface area contributed by atoms with Gasteiger partial charge in [0, 0.05) is 36.0 Å². The Kier molecular flexibility index (Phi) is 6.00. The molecule has 4 heterocycles. The highest BCUT2D eigenvalue weighted by molar-refractivity contribution is 5.89. The standard InChI is InChI=1S/C25H24N12O/c1-14-18(26-6)23(36(33-14)24-27-11-8-12-28-24)32-31-19-20(25(3,4)5)34-37-22(19)30-21(35-37)16-9-7-10-17(13-16)29-15(2)38/h7-13,34H,1-5H3,(H,29,38). The van der Waals surface area contributed by atoms with Crippen LogP contribution in [0.5, 0.6) is 0 Å². The Balaban J connectivity index is 1.64. The number of azo groups is 1. The molecule has 0 fully saturated rings. The van der Waals surface area contributed by atoms with Crippen molar-refractivity contribution in [3.8, 4) is 17.3 Å². The molecule has 0 spiro atoms. The fourth-order valence-corrected chi connectivity index (χ4v) is 3.86. The van der Waals surface area contributed by atoms with E-state index in [1.807, 2.05) is 32.9 Å². The second kappa shape index (κ2) is 9.32. The highest BCUT2D eigenvalue weighted by Gasteiger charge is 2.27. The van der Waals surface area contributed by atoms with E-state index in [2.05, 4.69) is 45.7 Å². The predicted molar refractivity (Wildman–Crippen MR) is 140 cm³/mol. The zero-order valence-electron chi connectivity index (χ0n) is 21.4. The van der Waals surface area contributed by atoms with E-state index in [-0.39, 0.29) is 28.8 Å². The van der Waals surface area contributed by atoms with Crippen LogP contribution in [-0.4, -0.2) is 45.5 Å². The van der Waals surface area contributed by atoms with Gasteiger partial charge in [-0.15, -0.1) is 15.3 Å². The summed E-state index contributed by atoms with van der Waals surface area (Å²) in [6, 6.07) is 8.96. The molecule has 0 saturated heterocycles. The summed E-state index contributed by atoms with van der Waals surface area (Å²) >= 11 is 0. The van der Waals surface area contributed by atoms with Crippen LogP contribution in [0.25, 0.3) is 27.8 Å². The Morgan fingerprint density at radius 1 is 1.13 bits per heavy atom. The van der Waals surface area contributed by atoms with Crippen molar-refractivity contribution in [2.45, 2.75) is 40.0 Å². The van der Waals surface area contributed by atoms with Crippen LogP contribution in [0.3, 0.4) is 0 Å². The summed E-state index contributed by atoms with van der Waals surface area (Å²) in [5.41, 5.74) is 3.46. The van der Waals surface area contributed by atoms with E-state index in [0.29, 0.717) is 28.5 Å². The summed E-state index contributed by atoms with van der Waals surface area (Å²) in [4.78, 5) is 28.3. The average molecular weight is 509 g/mol. The fourth-order valence-electron chi connectivity index (χ4n) is 3.86. The van der Waals surface area contributed by atoms with Gasteiger partial charge in [0.1, 0.15) is 0 Å². The van der Waals surface area contributed by atoms with Gasteiger partial charge in [0.25, 0.3) is 11.6 Å². The first kappa shape index (κ1) is 24.4. The molecule has 38 heavy (non-hydrogen) atoms. The zero-order chi connectivity index (χ0) is 27.0. The first-order valence-electron chi connectivity index (χ1n) is 11.7. The molecule has 0 bridgehead atoms. The summed E-state index contributed by atoms with van der Waals surface area (Å²) < 4.78 is 2.95. The molecule has 4 aromatic heterocycles. The van der Waals surface area contributed by atoms with E-state index in [4.69, 9.17) is 11.6 Å². The number of carbonyl (C=O) groups is 1. The van der Waals surface area contributed by atoms with Crippen LogP contribution in [-0.2, 0) is 10.2 Å².